The van der Waals surface area contributed by atoms with Crippen LogP contribution in [-0.2, 0) is 4.79 Å². The summed E-state index contributed by atoms with van der Waals surface area (Å²) in [5.74, 6) is -0.241. The van der Waals surface area contributed by atoms with Crippen LogP contribution in [0.1, 0.15) is 0 Å². The average Bonchev–Trinajstić information content (AvgIpc) is 3.23. The number of carbonyl (C=O) groups is 1. The first-order valence-electron chi connectivity index (χ1n) is 8.85. The van der Waals surface area contributed by atoms with E-state index in [4.69, 9.17) is 4.42 Å². The summed E-state index contributed by atoms with van der Waals surface area (Å²) in [5.41, 5.74) is 3.40. The van der Waals surface area contributed by atoms with E-state index in [0.29, 0.717) is 11.3 Å². The number of halogens is 1. The number of nitrogens with zero attached hydrogens (tertiary/aromatic N) is 2. The molecular weight excluding hydrogens is 389 g/mol. The fourth-order valence-corrected chi connectivity index (χ4v) is 3.27. The molecular formula is C22H16FN3O2S. The normalized spacial score (nSPS) is 10.7. The highest BCUT2D eigenvalue weighted by Crippen LogP contribution is 2.24. The lowest BCUT2D eigenvalue weighted by atomic mass is 10.1. The molecule has 0 aliphatic rings. The first kappa shape index (κ1) is 18.9. The third-order valence-electron chi connectivity index (χ3n) is 4.08. The zero-order chi connectivity index (χ0) is 20.1. The fourth-order valence-electron chi connectivity index (χ4n) is 2.71. The Morgan fingerprint density at radius 2 is 1.62 bits per heavy atom. The Kier molecular flexibility index (Phi) is 5.67. The summed E-state index contributed by atoms with van der Waals surface area (Å²) in [6.07, 6.45) is 0. The lowest BCUT2D eigenvalue weighted by Gasteiger charge is -2.06. The van der Waals surface area contributed by atoms with E-state index in [9.17, 15) is 9.18 Å². The van der Waals surface area contributed by atoms with Crippen LogP contribution < -0.4 is 5.32 Å². The van der Waals surface area contributed by atoms with Gasteiger partial charge >= 0.3 is 0 Å². The molecule has 144 valence electrons. The van der Waals surface area contributed by atoms with Crippen LogP contribution >= 0.6 is 11.8 Å². The Labute approximate surface area is 171 Å². The van der Waals surface area contributed by atoms with Gasteiger partial charge in [0.25, 0.3) is 5.22 Å². The van der Waals surface area contributed by atoms with Crippen LogP contribution in [0.2, 0.25) is 0 Å². The van der Waals surface area contributed by atoms with Gasteiger partial charge < -0.3 is 9.73 Å². The van der Waals surface area contributed by atoms with Crippen LogP contribution in [-0.4, -0.2) is 21.9 Å². The topological polar surface area (TPSA) is 68.0 Å². The molecule has 1 aromatic heterocycles. The number of thioether (sulfide) groups is 1. The number of anilines is 1. The Balaban J connectivity index is 1.32. The van der Waals surface area contributed by atoms with E-state index >= 15 is 0 Å². The molecule has 3 aromatic carbocycles. The molecule has 7 heteroatoms. The number of hydrogen-bond donors (Lipinski definition) is 1. The molecule has 0 aliphatic carbocycles. The van der Waals surface area contributed by atoms with E-state index < -0.39 is 0 Å². The largest absolute Gasteiger partial charge is 0.411 e. The second-order valence-corrected chi connectivity index (χ2v) is 7.09. The maximum absolute atomic E-state index is 13.3. The molecule has 0 saturated carbocycles. The van der Waals surface area contributed by atoms with Crippen molar-refractivity contribution in [1.82, 2.24) is 10.2 Å². The van der Waals surface area contributed by atoms with Crippen molar-refractivity contribution in [2.45, 2.75) is 5.22 Å². The van der Waals surface area contributed by atoms with E-state index in [-0.39, 0.29) is 28.6 Å². The Bertz CT molecular complexity index is 1110. The first-order chi connectivity index (χ1) is 14.2. The minimum Gasteiger partial charge on any atom is -0.411 e. The highest BCUT2D eigenvalue weighted by Gasteiger charge is 2.12. The SMILES string of the molecule is O=C(CSc1nnc(-c2cccc(F)c2)o1)Nc1ccc(-c2ccccc2)cc1. The summed E-state index contributed by atoms with van der Waals surface area (Å²) in [5, 5.41) is 10.9. The van der Waals surface area contributed by atoms with Gasteiger partial charge in [0.2, 0.25) is 11.8 Å². The zero-order valence-corrected chi connectivity index (χ0v) is 16.0. The van der Waals surface area contributed by atoms with Gasteiger partial charge in [0.15, 0.2) is 0 Å². The quantitative estimate of drug-likeness (QED) is 0.443. The van der Waals surface area contributed by atoms with E-state index in [1.165, 1.54) is 12.1 Å². The fraction of sp³-hybridized carbons (Fsp3) is 0.0455. The van der Waals surface area contributed by atoms with E-state index in [0.717, 1.165) is 22.9 Å². The number of hydrogen-bond acceptors (Lipinski definition) is 5. The van der Waals surface area contributed by atoms with Gasteiger partial charge in [-0.2, -0.15) is 0 Å². The molecule has 0 fully saturated rings. The van der Waals surface area contributed by atoms with Crippen molar-refractivity contribution in [3.05, 3.63) is 84.7 Å². The predicted octanol–water partition coefficient (Wildman–Crippen LogP) is 5.27. The molecule has 0 atom stereocenters. The van der Waals surface area contributed by atoms with Crippen LogP contribution in [0.15, 0.2) is 88.5 Å². The highest BCUT2D eigenvalue weighted by molar-refractivity contribution is 7.99. The number of aromatic nitrogens is 2. The Morgan fingerprint density at radius 3 is 2.38 bits per heavy atom. The number of nitrogens with one attached hydrogen (secondary N) is 1. The number of carbonyl (C=O) groups excluding carboxylic acids is 1. The first-order valence-corrected chi connectivity index (χ1v) is 9.83. The van der Waals surface area contributed by atoms with Crippen molar-refractivity contribution in [1.29, 1.82) is 0 Å². The van der Waals surface area contributed by atoms with E-state index in [2.05, 4.69) is 15.5 Å². The van der Waals surface area contributed by atoms with Crippen molar-refractivity contribution < 1.29 is 13.6 Å². The minimum absolute atomic E-state index is 0.116. The summed E-state index contributed by atoms with van der Waals surface area (Å²) >= 11 is 1.12. The Hall–Kier alpha value is -3.45. The van der Waals surface area contributed by atoms with Crippen LogP contribution in [0, 0.1) is 5.82 Å². The van der Waals surface area contributed by atoms with Gasteiger partial charge in [-0.25, -0.2) is 4.39 Å². The molecule has 0 unspecified atom stereocenters. The molecule has 0 aliphatic heterocycles. The maximum Gasteiger partial charge on any atom is 0.277 e. The number of benzene rings is 3. The molecule has 5 nitrogen and oxygen atoms in total. The third kappa shape index (κ3) is 4.89. The van der Waals surface area contributed by atoms with Gasteiger partial charge in [0, 0.05) is 11.3 Å². The molecule has 0 saturated heterocycles. The van der Waals surface area contributed by atoms with Crippen molar-refractivity contribution in [2.75, 3.05) is 11.1 Å². The van der Waals surface area contributed by atoms with Gasteiger partial charge in [-0.15, -0.1) is 10.2 Å². The van der Waals surface area contributed by atoms with Gasteiger partial charge in [-0.3, -0.25) is 4.79 Å². The zero-order valence-electron chi connectivity index (χ0n) is 15.2. The molecule has 29 heavy (non-hydrogen) atoms. The van der Waals surface area contributed by atoms with Gasteiger partial charge in [0.05, 0.1) is 5.75 Å². The molecule has 0 radical (unpaired) electrons. The molecule has 4 rings (SSSR count). The van der Waals surface area contributed by atoms with Crippen LogP contribution in [0.5, 0.6) is 0 Å². The predicted molar refractivity (Wildman–Crippen MR) is 111 cm³/mol. The summed E-state index contributed by atoms with van der Waals surface area (Å²) in [6, 6.07) is 23.6. The van der Waals surface area contributed by atoms with Crippen LogP contribution in [0.4, 0.5) is 10.1 Å². The van der Waals surface area contributed by atoms with Crippen molar-refractivity contribution in [3.8, 4) is 22.6 Å². The van der Waals surface area contributed by atoms with E-state index in [1.807, 2.05) is 54.6 Å². The third-order valence-corrected chi connectivity index (χ3v) is 4.90. The van der Waals surface area contributed by atoms with Crippen LogP contribution in [0.25, 0.3) is 22.6 Å². The van der Waals surface area contributed by atoms with Crippen LogP contribution in [0.3, 0.4) is 0 Å². The second-order valence-electron chi connectivity index (χ2n) is 6.16. The monoisotopic (exact) mass is 405 g/mol. The minimum atomic E-state index is -0.382. The molecule has 0 spiro atoms. The lowest BCUT2D eigenvalue weighted by Crippen LogP contribution is -2.13. The standard InChI is InChI=1S/C22H16FN3O2S/c23-18-8-4-7-17(13-18)21-25-26-22(28-21)29-14-20(27)24-19-11-9-16(10-12-19)15-5-2-1-3-6-15/h1-13H,14H2,(H,24,27). The molecule has 1 N–H and O–H groups in total. The van der Waals surface area contributed by atoms with Gasteiger partial charge in [-0.1, -0.05) is 60.3 Å². The van der Waals surface area contributed by atoms with Crippen molar-refractivity contribution in [3.63, 3.8) is 0 Å². The summed E-state index contributed by atoms with van der Waals surface area (Å²) in [4.78, 5) is 12.2. The smallest absolute Gasteiger partial charge is 0.277 e. The highest BCUT2D eigenvalue weighted by atomic mass is 32.2. The summed E-state index contributed by atoms with van der Waals surface area (Å²) in [6.45, 7) is 0. The number of amides is 1. The molecule has 1 heterocycles. The van der Waals surface area contributed by atoms with Gasteiger partial charge in [-0.05, 0) is 41.5 Å². The molecule has 1 amide bonds. The second kappa shape index (κ2) is 8.70. The van der Waals surface area contributed by atoms with Crippen molar-refractivity contribution >= 4 is 23.4 Å². The maximum atomic E-state index is 13.3. The Morgan fingerprint density at radius 1 is 0.897 bits per heavy atom. The molecule has 0 bridgehead atoms. The summed E-state index contributed by atoms with van der Waals surface area (Å²) < 4.78 is 18.8. The van der Waals surface area contributed by atoms with E-state index in [1.54, 1.807) is 12.1 Å². The molecule has 4 aromatic rings. The average molecular weight is 405 g/mol. The summed E-state index contributed by atoms with van der Waals surface area (Å²) in [7, 11) is 0. The van der Waals surface area contributed by atoms with Crippen molar-refractivity contribution in [2.24, 2.45) is 0 Å². The lowest BCUT2D eigenvalue weighted by molar-refractivity contribution is -0.113. The van der Waals surface area contributed by atoms with Gasteiger partial charge in [0.1, 0.15) is 5.82 Å². The number of rotatable bonds is 6.